The van der Waals surface area contributed by atoms with Crippen molar-refractivity contribution in [3.05, 3.63) is 65.7 Å². The summed E-state index contributed by atoms with van der Waals surface area (Å²) in [6, 6.07) is 19.1. The fraction of sp³-hybridized carbons (Fsp3) is 0.316. The highest BCUT2D eigenvalue weighted by Gasteiger charge is 2.19. The Bertz CT molecular complexity index is 614. The lowest BCUT2D eigenvalue weighted by Crippen LogP contribution is -2.34. The Labute approximate surface area is 137 Å². The Morgan fingerprint density at radius 2 is 1.64 bits per heavy atom. The lowest BCUT2D eigenvalue weighted by Gasteiger charge is -2.33. The van der Waals surface area contributed by atoms with Crippen molar-refractivity contribution in [2.45, 2.75) is 19.3 Å². The lowest BCUT2D eigenvalue weighted by molar-refractivity contribution is 0.404. The van der Waals surface area contributed by atoms with Crippen molar-refractivity contribution in [3.8, 4) is 0 Å². The molecule has 1 aliphatic heterocycles. The van der Waals surface area contributed by atoms with Gasteiger partial charge in [-0.05, 0) is 55.0 Å². The Morgan fingerprint density at radius 1 is 1.00 bits per heavy atom. The van der Waals surface area contributed by atoms with Gasteiger partial charge in [0, 0.05) is 24.3 Å². The highest BCUT2D eigenvalue weighted by Crippen LogP contribution is 2.26. The molecule has 1 saturated heterocycles. The number of hydrogen-bond donors (Lipinski definition) is 1. The van der Waals surface area contributed by atoms with Gasteiger partial charge in [0.05, 0.1) is 0 Å². The Kier molecular flexibility index (Phi) is 4.74. The molecule has 0 atom stereocenters. The van der Waals surface area contributed by atoms with Gasteiger partial charge in [0.15, 0.2) is 0 Å². The van der Waals surface area contributed by atoms with Gasteiger partial charge in [0.1, 0.15) is 4.99 Å². The van der Waals surface area contributed by atoms with Crippen LogP contribution in [0, 0.1) is 5.92 Å². The summed E-state index contributed by atoms with van der Waals surface area (Å²) in [6.07, 6.45) is 3.72. The van der Waals surface area contributed by atoms with Gasteiger partial charge in [-0.25, -0.2) is 0 Å². The maximum atomic E-state index is 5.65. The van der Waals surface area contributed by atoms with Gasteiger partial charge in [-0.2, -0.15) is 0 Å². The molecular weight excluding hydrogens is 288 g/mol. The van der Waals surface area contributed by atoms with E-state index in [0.717, 1.165) is 24.6 Å². The second-order valence-corrected chi connectivity index (χ2v) is 6.47. The van der Waals surface area contributed by atoms with E-state index < -0.39 is 0 Å². The molecule has 0 saturated carbocycles. The van der Waals surface area contributed by atoms with Gasteiger partial charge in [-0.3, -0.25) is 0 Å². The molecule has 0 bridgehead atoms. The third-order valence-corrected chi connectivity index (χ3v) is 4.73. The number of rotatable bonds is 4. The molecule has 2 N–H and O–H groups in total. The van der Waals surface area contributed by atoms with Crippen LogP contribution >= 0.6 is 12.2 Å². The smallest absolute Gasteiger partial charge is 0.103 e. The van der Waals surface area contributed by atoms with E-state index in [1.165, 1.54) is 30.5 Å². The quantitative estimate of drug-likeness (QED) is 0.872. The summed E-state index contributed by atoms with van der Waals surface area (Å²) in [4.78, 5) is 2.93. The summed E-state index contributed by atoms with van der Waals surface area (Å²) in [5.41, 5.74) is 9.33. The summed E-state index contributed by atoms with van der Waals surface area (Å²) in [5.74, 6) is 0.801. The number of anilines is 1. The van der Waals surface area contributed by atoms with Crippen LogP contribution in [0.3, 0.4) is 0 Å². The van der Waals surface area contributed by atoms with Gasteiger partial charge in [-0.15, -0.1) is 0 Å². The molecule has 114 valence electrons. The summed E-state index contributed by atoms with van der Waals surface area (Å²) >= 11 is 5.00. The number of thiocarbonyl (C=S) groups is 1. The summed E-state index contributed by atoms with van der Waals surface area (Å²) in [6.45, 7) is 2.26. The van der Waals surface area contributed by atoms with E-state index in [-0.39, 0.29) is 0 Å². The lowest BCUT2D eigenvalue weighted by atomic mass is 9.90. The zero-order valence-electron chi connectivity index (χ0n) is 12.7. The molecule has 0 aliphatic carbocycles. The van der Waals surface area contributed by atoms with E-state index in [4.69, 9.17) is 18.0 Å². The first-order chi connectivity index (χ1) is 10.7. The van der Waals surface area contributed by atoms with E-state index in [0.29, 0.717) is 4.99 Å². The molecule has 2 aromatic rings. The molecule has 0 aromatic heterocycles. The van der Waals surface area contributed by atoms with E-state index in [9.17, 15) is 0 Å². The number of nitrogens with zero attached hydrogens (tertiary/aromatic N) is 1. The molecule has 3 heteroatoms. The molecule has 1 heterocycles. The van der Waals surface area contributed by atoms with Crippen LogP contribution in [0.1, 0.15) is 24.0 Å². The third-order valence-electron chi connectivity index (χ3n) is 4.50. The topological polar surface area (TPSA) is 29.3 Å². The monoisotopic (exact) mass is 310 g/mol. The number of piperidine rings is 1. The van der Waals surface area contributed by atoms with Crippen LogP contribution in [-0.2, 0) is 6.42 Å². The average molecular weight is 310 g/mol. The van der Waals surface area contributed by atoms with Crippen LogP contribution in [0.25, 0.3) is 0 Å². The first-order valence-electron chi connectivity index (χ1n) is 7.91. The highest BCUT2D eigenvalue weighted by molar-refractivity contribution is 7.80. The molecule has 0 amide bonds. The van der Waals surface area contributed by atoms with Gasteiger partial charge >= 0.3 is 0 Å². The fourth-order valence-corrected chi connectivity index (χ4v) is 3.32. The molecule has 1 aliphatic rings. The van der Waals surface area contributed by atoms with E-state index in [1.807, 2.05) is 12.1 Å². The van der Waals surface area contributed by atoms with Gasteiger partial charge in [0.25, 0.3) is 0 Å². The molecule has 3 rings (SSSR count). The van der Waals surface area contributed by atoms with Gasteiger partial charge in [-0.1, -0.05) is 42.5 Å². The zero-order chi connectivity index (χ0) is 15.4. The van der Waals surface area contributed by atoms with E-state index in [1.54, 1.807) is 0 Å². The molecule has 1 fully saturated rings. The molecule has 0 radical (unpaired) electrons. The largest absolute Gasteiger partial charge is 0.389 e. The van der Waals surface area contributed by atoms with Crippen LogP contribution in [-0.4, -0.2) is 18.1 Å². The second kappa shape index (κ2) is 6.93. The van der Waals surface area contributed by atoms with Crippen LogP contribution in [0.5, 0.6) is 0 Å². The summed E-state index contributed by atoms with van der Waals surface area (Å²) in [5, 5.41) is 0. The Hall–Kier alpha value is -1.87. The second-order valence-electron chi connectivity index (χ2n) is 6.03. The van der Waals surface area contributed by atoms with Crippen LogP contribution in [0.15, 0.2) is 54.6 Å². The minimum atomic E-state index is 0.466. The fourth-order valence-electron chi connectivity index (χ4n) is 3.18. The van der Waals surface area contributed by atoms with Gasteiger partial charge in [0.2, 0.25) is 0 Å². The maximum absolute atomic E-state index is 5.65. The van der Waals surface area contributed by atoms with Crippen molar-refractivity contribution in [2.75, 3.05) is 18.0 Å². The highest BCUT2D eigenvalue weighted by atomic mass is 32.1. The molecule has 2 aromatic carbocycles. The molecule has 2 nitrogen and oxygen atoms in total. The van der Waals surface area contributed by atoms with Crippen LogP contribution < -0.4 is 10.6 Å². The van der Waals surface area contributed by atoms with Crippen LogP contribution in [0.2, 0.25) is 0 Å². The Balaban J connectivity index is 1.56. The van der Waals surface area contributed by atoms with Crippen molar-refractivity contribution >= 4 is 22.9 Å². The average Bonchev–Trinajstić information content (AvgIpc) is 2.57. The summed E-state index contributed by atoms with van der Waals surface area (Å²) in [7, 11) is 0. The van der Waals surface area contributed by atoms with Crippen molar-refractivity contribution < 1.29 is 0 Å². The predicted octanol–water partition coefficient (Wildman–Crippen LogP) is 3.78. The molecule has 0 unspecified atom stereocenters. The third kappa shape index (κ3) is 3.66. The van der Waals surface area contributed by atoms with Crippen molar-refractivity contribution in [1.29, 1.82) is 0 Å². The predicted molar refractivity (Wildman–Crippen MR) is 97.4 cm³/mol. The van der Waals surface area contributed by atoms with Crippen LogP contribution in [0.4, 0.5) is 5.69 Å². The zero-order valence-corrected chi connectivity index (χ0v) is 13.6. The van der Waals surface area contributed by atoms with E-state index >= 15 is 0 Å². The number of benzene rings is 2. The molecule has 22 heavy (non-hydrogen) atoms. The van der Waals surface area contributed by atoms with Crippen molar-refractivity contribution in [1.82, 2.24) is 0 Å². The molecule has 0 spiro atoms. The standard InChI is InChI=1S/C19H22N2S/c20-19(22)17-6-8-18(9-7-17)21-12-10-16(11-13-21)14-15-4-2-1-3-5-15/h1-9,16H,10-14H2,(H2,20,22). The van der Waals surface area contributed by atoms with Crippen molar-refractivity contribution in [2.24, 2.45) is 11.7 Å². The number of nitrogens with two attached hydrogens (primary N) is 1. The normalized spacial score (nSPS) is 15.7. The maximum Gasteiger partial charge on any atom is 0.103 e. The minimum Gasteiger partial charge on any atom is -0.389 e. The van der Waals surface area contributed by atoms with E-state index in [2.05, 4.69) is 47.4 Å². The van der Waals surface area contributed by atoms with Crippen molar-refractivity contribution in [3.63, 3.8) is 0 Å². The summed E-state index contributed by atoms with van der Waals surface area (Å²) < 4.78 is 0. The molecular formula is C19H22N2S. The first-order valence-corrected chi connectivity index (χ1v) is 8.32. The number of hydrogen-bond acceptors (Lipinski definition) is 2. The first kappa shape index (κ1) is 15.0. The minimum absolute atomic E-state index is 0.466. The Morgan fingerprint density at radius 3 is 2.23 bits per heavy atom. The SMILES string of the molecule is NC(=S)c1ccc(N2CCC(Cc3ccccc3)CC2)cc1. The van der Waals surface area contributed by atoms with Gasteiger partial charge < -0.3 is 10.6 Å².